The quantitative estimate of drug-likeness (QED) is 0.753. The number of para-hydroxylation sites is 2. The molecular weight excluding hydrogens is 258 g/mol. The lowest BCUT2D eigenvalue weighted by Gasteiger charge is -2.05. The van der Waals surface area contributed by atoms with Crippen LogP contribution in [0.2, 0.25) is 0 Å². The normalized spacial score (nSPS) is 10.8. The number of hydrogen-bond donors (Lipinski definition) is 2. The average molecular weight is 269 g/mol. The van der Waals surface area contributed by atoms with Gasteiger partial charge >= 0.3 is 5.97 Å². The lowest BCUT2D eigenvalue weighted by molar-refractivity contribution is -0.137. The third-order valence-corrected chi connectivity index (χ3v) is 2.96. The summed E-state index contributed by atoms with van der Waals surface area (Å²) in [5.74, 6) is -0.529. The van der Waals surface area contributed by atoms with Crippen molar-refractivity contribution in [1.29, 1.82) is 0 Å². The Labute approximate surface area is 113 Å². The van der Waals surface area contributed by atoms with Crippen LogP contribution in [-0.2, 0) is 11.3 Å². The Morgan fingerprint density at radius 2 is 2.00 bits per heavy atom. The van der Waals surface area contributed by atoms with Gasteiger partial charge in [-0.15, -0.1) is 0 Å². The third kappa shape index (κ3) is 2.07. The Morgan fingerprint density at radius 1 is 1.20 bits per heavy atom. The number of aliphatic carboxylic acids is 1. The van der Waals surface area contributed by atoms with Gasteiger partial charge in [-0.3, -0.25) is 9.59 Å². The molecule has 0 bridgehead atoms. The van der Waals surface area contributed by atoms with Crippen molar-refractivity contribution >= 4 is 17.0 Å². The number of imidazole rings is 1. The van der Waals surface area contributed by atoms with E-state index >= 15 is 0 Å². The van der Waals surface area contributed by atoms with E-state index in [1.807, 2.05) is 12.1 Å². The molecule has 3 rings (SSSR count). The number of fused-ring (bicyclic) bond motifs is 1. The molecule has 100 valence electrons. The van der Waals surface area contributed by atoms with E-state index < -0.39 is 5.97 Å². The maximum absolute atomic E-state index is 11.4. The summed E-state index contributed by atoms with van der Waals surface area (Å²) in [5.41, 5.74) is 1.65. The van der Waals surface area contributed by atoms with Gasteiger partial charge in [0.05, 0.1) is 16.7 Å². The number of hydrogen-bond acceptors (Lipinski definition) is 3. The number of carbonyl (C=O) groups is 1. The molecule has 2 N–H and O–H groups in total. The van der Waals surface area contributed by atoms with Gasteiger partial charge in [-0.1, -0.05) is 18.2 Å². The molecule has 6 nitrogen and oxygen atoms in total. The van der Waals surface area contributed by atoms with E-state index in [0.29, 0.717) is 17.0 Å². The molecule has 1 aromatic carbocycles. The maximum Gasteiger partial charge on any atom is 0.323 e. The van der Waals surface area contributed by atoms with Gasteiger partial charge in [0.1, 0.15) is 6.54 Å². The molecule has 0 fully saturated rings. The fourth-order valence-corrected chi connectivity index (χ4v) is 2.15. The summed E-state index contributed by atoms with van der Waals surface area (Å²) >= 11 is 0. The van der Waals surface area contributed by atoms with E-state index in [4.69, 9.17) is 5.11 Å². The predicted octanol–water partition coefficient (Wildman–Crippen LogP) is 1.48. The highest BCUT2D eigenvalue weighted by molar-refractivity contribution is 5.82. The summed E-state index contributed by atoms with van der Waals surface area (Å²) in [6.07, 6.45) is 0. The Hall–Kier alpha value is -2.89. The number of benzene rings is 1. The van der Waals surface area contributed by atoms with Crippen molar-refractivity contribution in [3.8, 4) is 11.5 Å². The number of carboxylic acid groups (broad SMARTS) is 1. The van der Waals surface area contributed by atoms with Crippen molar-refractivity contribution < 1.29 is 9.90 Å². The van der Waals surface area contributed by atoms with Gasteiger partial charge in [-0.2, -0.15) is 0 Å². The second kappa shape index (κ2) is 4.65. The molecule has 0 atom stereocenters. The predicted molar refractivity (Wildman–Crippen MR) is 73.4 cm³/mol. The third-order valence-electron chi connectivity index (χ3n) is 2.96. The first-order valence-electron chi connectivity index (χ1n) is 6.02. The van der Waals surface area contributed by atoms with Crippen molar-refractivity contribution in [3.05, 3.63) is 52.8 Å². The van der Waals surface area contributed by atoms with Gasteiger partial charge in [-0.05, 0) is 18.2 Å². The first-order chi connectivity index (χ1) is 9.65. The van der Waals surface area contributed by atoms with Crippen LogP contribution in [0.3, 0.4) is 0 Å². The summed E-state index contributed by atoms with van der Waals surface area (Å²) in [4.78, 5) is 29.5. The van der Waals surface area contributed by atoms with Crippen LogP contribution in [-0.4, -0.2) is 25.6 Å². The highest BCUT2D eigenvalue weighted by Crippen LogP contribution is 2.22. The molecule has 6 heteroatoms. The molecule has 0 aliphatic rings. The van der Waals surface area contributed by atoms with Crippen molar-refractivity contribution in [2.75, 3.05) is 0 Å². The highest BCUT2D eigenvalue weighted by Gasteiger charge is 2.14. The van der Waals surface area contributed by atoms with Crippen LogP contribution in [0.5, 0.6) is 0 Å². The van der Waals surface area contributed by atoms with E-state index in [1.54, 1.807) is 28.8 Å². The first-order valence-corrected chi connectivity index (χ1v) is 6.02. The van der Waals surface area contributed by atoms with Crippen LogP contribution in [0.25, 0.3) is 22.6 Å². The summed E-state index contributed by atoms with van der Waals surface area (Å²) in [6, 6.07) is 12.0. The molecule has 0 radical (unpaired) electrons. The van der Waals surface area contributed by atoms with Crippen LogP contribution in [0.1, 0.15) is 0 Å². The smallest absolute Gasteiger partial charge is 0.323 e. The van der Waals surface area contributed by atoms with Gasteiger partial charge in [0, 0.05) is 6.07 Å². The van der Waals surface area contributed by atoms with Gasteiger partial charge in [-0.25, -0.2) is 4.98 Å². The van der Waals surface area contributed by atoms with E-state index in [1.165, 1.54) is 6.07 Å². The molecule has 20 heavy (non-hydrogen) atoms. The Bertz CT molecular complexity index is 848. The van der Waals surface area contributed by atoms with E-state index in [9.17, 15) is 9.59 Å². The molecule has 3 aromatic rings. The van der Waals surface area contributed by atoms with Crippen LogP contribution in [0.15, 0.2) is 47.3 Å². The minimum absolute atomic E-state index is 0.216. The summed E-state index contributed by atoms with van der Waals surface area (Å²) in [6.45, 7) is -0.216. The SMILES string of the molecule is O=C(O)Cn1c(-c2cccc(=O)[nH]2)nc2ccccc21. The zero-order valence-electron chi connectivity index (χ0n) is 10.4. The fraction of sp³-hybridized carbons (Fsp3) is 0.0714. The Morgan fingerprint density at radius 3 is 2.75 bits per heavy atom. The molecule has 0 spiro atoms. The van der Waals surface area contributed by atoms with Gasteiger partial charge in [0.25, 0.3) is 0 Å². The van der Waals surface area contributed by atoms with Crippen molar-refractivity contribution in [3.63, 3.8) is 0 Å². The molecule has 0 aliphatic heterocycles. The van der Waals surface area contributed by atoms with E-state index in [-0.39, 0.29) is 12.1 Å². The lowest BCUT2D eigenvalue weighted by Crippen LogP contribution is -2.12. The first kappa shape index (κ1) is 12.2. The molecule has 0 unspecified atom stereocenters. The Balaban J connectivity index is 2.28. The zero-order chi connectivity index (χ0) is 14.1. The van der Waals surface area contributed by atoms with E-state index in [2.05, 4.69) is 9.97 Å². The largest absolute Gasteiger partial charge is 0.480 e. The van der Waals surface area contributed by atoms with Crippen LogP contribution < -0.4 is 5.56 Å². The van der Waals surface area contributed by atoms with Crippen molar-refractivity contribution in [2.24, 2.45) is 0 Å². The number of rotatable bonds is 3. The fourth-order valence-electron chi connectivity index (χ4n) is 2.15. The standard InChI is InChI=1S/C14H11N3O3/c18-12-7-3-5-10(15-12)14-16-9-4-1-2-6-11(9)17(14)8-13(19)20/h1-7H,8H2,(H,15,18)(H,19,20). The minimum Gasteiger partial charge on any atom is -0.480 e. The number of nitrogens with one attached hydrogen (secondary N) is 1. The highest BCUT2D eigenvalue weighted by atomic mass is 16.4. The number of nitrogens with zero attached hydrogens (tertiary/aromatic N) is 2. The molecule has 0 amide bonds. The molecule has 2 aromatic heterocycles. The molecule has 0 aliphatic carbocycles. The number of aromatic nitrogens is 3. The summed E-state index contributed by atoms with van der Waals surface area (Å²) in [5, 5.41) is 9.05. The number of pyridine rings is 1. The minimum atomic E-state index is -0.965. The molecule has 0 saturated carbocycles. The summed E-state index contributed by atoms with van der Waals surface area (Å²) in [7, 11) is 0. The second-order valence-electron chi connectivity index (χ2n) is 4.33. The van der Waals surface area contributed by atoms with E-state index in [0.717, 1.165) is 5.52 Å². The van der Waals surface area contributed by atoms with Crippen LogP contribution >= 0.6 is 0 Å². The number of H-pyrrole nitrogens is 1. The maximum atomic E-state index is 11.4. The topological polar surface area (TPSA) is 88.0 Å². The van der Waals surface area contributed by atoms with Gasteiger partial charge in [0.2, 0.25) is 5.56 Å². The lowest BCUT2D eigenvalue weighted by atomic mass is 10.3. The number of aromatic amines is 1. The van der Waals surface area contributed by atoms with Crippen molar-refractivity contribution in [2.45, 2.75) is 6.54 Å². The second-order valence-corrected chi connectivity index (χ2v) is 4.33. The van der Waals surface area contributed by atoms with Crippen LogP contribution in [0, 0.1) is 0 Å². The van der Waals surface area contributed by atoms with Gasteiger partial charge < -0.3 is 14.7 Å². The van der Waals surface area contributed by atoms with Crippen molar-refractivity contribution in [1.82, 2.24) is 14.5 Å². The molecule has 2 heterocycles. The summed E-state index contributed by atoms with van der Waals surface area (Å²) < 4.78 is 1.57. The number of carboxylic acids is 1. The van der Waals surface area contributed by atoms with Crippen LogP contribution in [0.4, 0.5) is 0 Å². The van der Waals surface area contributed by atoms with Gasteiger partial charge in [0.15, 0.2) is 5.82 Å². The molecular formula is C14H11N3O3. The zero-order valence-corrected chi connectivity index (χ0v) is 10.4. The average Bonchev–Trinajstić information content (AvgIpc) is 2.77. The monoisotopic (exact) mass is 269 g/mol. The molecule has 0 saturated heterocycles. The Kier molecular flexibility index (Phi) is 2.83.